The fraction of sp³-hybridized carbons (Fsp3) is 0.0769. The molecule has 0 bridgehead atoms. The van der Waals surface area contributed by atoms with Crippen LogP contribution in [-0.4, -0.2) is 18.4 Å². The number of halogens is 1. The van der Waals surface area contributed by atoms with E-state index < -0.39 is 10.0 Å². The molecular formula is C13H12ClN3O2S2. The quantitative estimate of drug-likeness (QED) is 0.834. The third-order valence-electron chi connectivity index (χ3n) is 2.79. The number of rotatable bonds is 4. The van der Waals surface area contributed by atoms with E-state index in [4.69, 9.17) is 29.6 Å². The number of nitrogens with one attached hydrogen (secondary N) is 1. The van der Waals surface area contributed by atoms with Gasteiger partial charge in [0.05, 0.1) is 16.9 Å². The first kappa shape index (κ1) is 15.7. The number of hydrogen-bond donors (Lipinski definition) is 2. The van der Waals surface area contributed by atoms with Crippen molar-refractivity contribution in [1.29, 1.82) is 0 Å². The number of thiocarbonyl (C=S) groups is 1. The van der Waals surface area contributed by atoms with Crippen LogP contribution >= 0.6 is 23.8 Å². The molecule has 0 saturated carbocycles. The van der Waals surface area contributed by atoms with E-state index in [1.807, 2.05) is 0 Å². The van der Waals surface area contributed by atoms with Gasteiger partial charge in [0.2, 0.25) is 0 Å². The standard InChI is InChI=1S/C13H12ClN3O2S2/c1-8-4-5-16-7-11(8)17-21(18,19)12-3-2-9(13(15)20)6-10(12)14/h2-7,17H,1H3,(H2,15,20). The van der Waals surface area contributed by atoms with Crippen LogP contribution in [0.15, 0.2) is 41.6 Å². The zero-order valence-corrected chi connectivity index (χ0v) is 13.4. The number of hydrogen-bond acceptors (Lipinski definition) is 4. The smallest absolute Gasteiger partial charge is 0.263 e. The number of benzene rings is 1. The van der Waals surface area contributed by atoms with E-state index in [1.165, 1.54) is 24.4 Å². The largest absolute Gasteiger partial charge is 0.389 e. The first-order valence-corrected chi connectivity index (χ1v) is 8.11. The summed E-state index contributed by atoms with van der Waals surface area (Å²) in [6.45, 7) is 1.77. The molecular weight excluding hydrogens is 330 g/mol. The van der Waals surface area contributed by atoms with E-state index in [2.05, 4.69) is 9.71 Å². The van der Waals surface area contributed by atoms with Crippen LogP contribution in [0.2, 0.25) is 5.02 Å². The molecule has 2 aromatic rings. The Morgan fingerprint density at radius 1 is 1.38 bits per heavy atom. The van der Waals surface area contributed by atoms with E-state index in [9.17, 15) is 8.42 Å². The van der Waals surface area contributed by atoms with Crippen LogP contribution in [0.3, 0.4) is 0 Å². The van der Waals surface area contributed by atoms with Crippen molar-refractivity contribution in [3.8, 4) is 0 Å². The van der Waals surface area contributed by atoms with Gasteiger partial charge in [-0.1, -0.05) is 29.9 Å². The van der Waals surface area contributed by atoms with Gasteiger partial charge in [0.25, 0.3) is 10.0 Å². The first-order valence-electron chi connectivity index (χ1n) is 5.84. The molecule has 21 heavy (non-hydrogen) atoms. The fourth-order valence-electron chi connectivity index (χ4n) is 1.64. The molecule has 5 nitrogen and oxygen atoms in total. The Morgan fingerprint density at radius 2 is 2.10 bits per heavy atom. The van der Waals surface area contributed by atoms with E-state index in [1.54, 1.807) is 19.2 Å². The number of sulfonamides is 1. The van der Waals surface area contributed by atoms with E-state index in [-0.39, 0.29) is 14.9 Å². The van der Waals surface area contributed by atoms with Gasteiger partial charge < -0.3 is 5.73 Å². The number of anilines is 1. The lowest BCUT2D eigenvalue weighted by molar-refractivity contribution is 0.601. The van der Waals surface area contributed by atoms with Crippen LogP contribution in [0, 0.1) is 6.92 Å². The second-order valence-corrected chi connectivity index (χ2v) is 6.80. The molecule has 0 fully saturated rings. The zero-order valence-electron chi connectivity index (χ0n) is 11.0. The molecule has 3 N–H and O–H groups in total. The topological polar surface area (TPSA) is 85.1 Å². The Morgan fingerprint density at radius 3 is 2.67 bits per heavy atom. The summed E-state index contributed by atoms with van der Waals surface area (Å²) in [5.74, 6) is 0. The maximum absolute atomic E-state index is 12.4. The molecule has 0 saturated heterocycles. The van der Waals surface area contributed by atoms with Crippen molar-refractivity contribution in [2.75, 3.05) is 4.72 Å². The Bertz CT molecular complexity index is 807. The van der Waals surface area contributed by atoms with Crippen LogP contribution in [-0.2, 0) is 10.0 Å². The van der Waals surface area contributed by atoms with Crippen molar-refractivity contribution in [2.24, 2.45) is 5.73 Å². The number of aryl methyl sites for hydroxylation is 1. The van der Waals surface area contributed by atoms with Crippen LogP contribution < -0.4 is 10.5 Å². The lowest BCUT2D eigenvalue weighted by atomic mass is 10.2. The number of aromatic nitrogens is 1. The highest BCUT2D eigenvalue weighted by Crippen LogP contribution is 2.25. The average Bonchev–Trinajstić information content (AvgIpc) is 2.40. The highest BCUT2D eigenvalue weighted by atomic mass is 35.5. The minimum absolute atomic E-state index is 0.0487. The van der Waals surface area contributed by atoms with Crippen LogP contribution in [0.25, 0.3) is 0 Å². The summed E-state index contributed by atoms with van der Waals surface area (Å²) in [5, 5.41) is 0.0503. The highest BCUT2D eigenvalue weighted by Gasteiger charge is 2.19. The van der Waals surface area contributed by atoms with Gasteiger partial charge in [-0.15, -0.1) is 0 Å². The van der Waals surface area contributed by atoms with Crippen LogP contribution in [0.5, 0.6) is 0 Å². The third-order valence-corrected chi connectivity index (χ3v) is 4.87. The van der Waals surface area contributed by atoms with Gasteiger partial charge in [-0.3, -0.25) is 9.71 Å². The summed E-state index contributed by atoms with van der Waals surface area (Å²) < 4.78 is 27.2. The molecule has 1 aromatic heterocycles. The van der Waals surface area contributed by atoms with E-state index in [0.29, 0.717) is 11.3 Å². The van der Waals surface area contributed by atoms with Gasteiger partial charge in [0, 0.05) is 11.8 Å². The van der Waals surface area contributed by atoms with Crippen LogP contribution in [0.1, 0.15) is 11.1 Å². The zero-order chi connectivity index (χ0) is 15.6. The normalized spacial score (nSPS) is 11.1. The van der Waals surface area contributed by atoms with E-state index >= 15 is 0 Å². The van der Waals surface area contributed by atoms with Gasteiger partial charge >= 0.3 is 0 Å². The predicted octanol–water partition coefficient (Wildman–Crippen LogP) is 2.48. The van der Waals surface area contributed by atoms with E-state index in [0.717, 1.165) is 5.56 Å². The number of nitrogens with zero attached hydrogens (tertiary/aromatic N) is 1. The van der Waals surface area contributed by atoms with Gasteiger partial charge in [-0.2, -0.15) is 0 Å². The summed E-state index contributed by atoms with van der Waals surface area (Å²) in [5.41, 5.74) is 7.14. The molecule has 1 heterocycles. The summed E-state index contributed by atoms with van der Waals surface area (Å²) in [4.78, 5) is 3.99. The summed E-state index contributed by atoms with van der Waals surface area (Å²) >= 11 is 10.8. The molecule has 2 rings (SSSR count). The second-order valence-electron chi connectivity index (χ2n) is 4.31. The van der Waals surface area contributed by atoms with Crippen molar-refractivity contribution < 1.29 is 8.42 Å². The lowest BCUT2D eigenvalue weighted by Crippen LogP contribution is -2.15. The Kier molecular flexibility index (Phi) is 4.46. The molecule has 0 aliphatic heterocycles. The molecule has 0 atom stereocenters. The van der Waals surface area contributed by atoms with Gasteiger partial charge in [-0.05, 0) is 30.7 Å². The number of nitrogens with two attached hydrogens (primary N) is 1. The molecule has 0 aliphatic carbocycles. The van der Waals surface area contributed by atoms with Crippen molar-refractivity contribution in [3.05, 3.63) is 52.8 Å². The van der Waals surface area contributed by atoms with Crippen molar-refractivity contribution in [2.45, 2.75) is 11.8 Å². The Hall–Kier alpha value is -1.70. The van der Waals surface area contributed by atoms with Crippen molar-refractivity contribution in [3.63, 3.8) is 0 Å². The van der Waals surface area contributed by atoms with Gasteiger partial charge in [0.1, 0.15) is 9.88 Å². The summed E-state index contributed by atoms with van der Waals surface area (Å²) in [7, 11) is -3.81. The van der Waals surface area contributed by atoms with Crippen molar-refractivity contribution >= 4 is 44.5 Å². The lowest BCUT2D eigenvalue weighted by Gasteiger charge is -2.11. The molecule has 8 heteroatoms. The molecule has 0 unspecified atom stereocenters. The first-order chi connectivity index (χ1) is 9.81. The molecule has 0 radical (unpaired) electrons. The number of pyridine rings is 1. The van der Waals surface area contributed by atoms with Crippen LogP contribution in [0.4, 0.5) is 5.69 Å². The SMILES string of the molecule is Cc1ccncc1NS(=O)(=O)c1ccc(C(N)=S)cc1Cl. The minimum atomic E-state index is -3.81. The Balaban J connectivity index is 2.41. The third kappa shape index (κ3) is 3.49. The van der Waals surface area contributed by atoms with Gasteiger partial charge in [0.15, 0.2) is 0 Å². The molecule has 0 spiro atoms. The summed E-state index contributed by atoms with van der Waals surface area (Å²) in [6, 6.07) is 6.01. The maximum Gasteiger partial charge on any atom is 0.263 e. The predicted molar refractivity (Wildman–Crippen MR) is 87.1 cm³/mol. The molecule has 1 aromatic carbocycles. The van der Waals surface area contributed by atoms with Crippen molar-refractivity contribution in [1.82, 2.24) is 4.98 Å². The highest BCUT2D eigenvalue weighted by molar-refractivity contribution is 7.92. The van der Waals surface area contributed by atoms with Gasteiger partial charge in [-0.25, -0.2) is 8.42 Å². The average molecular weight is 342 g/mol. The molecule has 0 amide bonds. The second kappa shape index (κ2) is 5.97. The molecule has 0 aliphatic rings. The Labute approximate surface area is 133 Å². The summed E-state index contributed by atoms with van der Waals surface area (Å²) in [6.07, 6.45) is 3.02. The molecule has 110 valence electrons. The maximum atomic E-state index is 12.4. The monoisotopic (exact) mass is 341 g/mol. The fourth-order valence-corrected chi connectivity index (χ4v) is 3.43. The minimum Gasteiger partial charge on any atom is -0.389 e.